The first-order valence-electron chi connectivity index (χ1n) is 9.22. The molecule has 4 rings (SSSR count). The van der Waals surface area contributed by atoms with E-state index in [4.69, 9.17) is 21.3 Å². The maximum Gasteiger partial charge on any atom is 0.307 e. The summed E-state index contributed by atoms with van der Waals surface area (Å²) < 4.78 is 6.72. The quantitative estimate of drug-likeness (QED) is 0.644. The zero-order chi connectivity index (χ0) is 19.7. The van der Waals surface area contributed by atoms with Gasteiger partial charge in [-0.2, -0.15) is 0 Å². The molecule has 0 amide bonds. The highest BCUT2D eigenvalue weighted by molar-refractivity contribution is 7.18. The first kappa shape index (κ1) is 19.2. The predicted octanol–water partition coefficient (Wildman–Crippen LogP) is 4.84. The molecule has 1 saturated heterocycles. The number of carboxylic acids is 1. The summed E-state index contributed by atoms with van der Waals surface area (Å²) >= 11 is 7.95. The van der Waals surface area contributed by atoms with Gasteiger partial charge in [-0.15, -0.1) is 11.3 Å². The van der Waals surface area contributed by atoms with Crippen LogP contribution in [-0.4, -0.2) is 41.2 Å². The molecule has 7 heteroatoms. The van der Waals surface area contributed by atoms with E-state index in [1.807, 2.05) is 30.3 Å². The van der Waals surface area contributed by atoms with E-state index >= 15 is 0 Å². The molecule has 2 heterocycles. The van der Waals surface area contributed by atoms with Gasteiger partial charge in [0.05, 0.1) is 29.3 Å². The van der Waals surface area contributed by atoms with Gasteiger partial charge in [-0.05, 0) is 49.7 Å². The Labute approximate surface area is 172 Å². The van der Waals surface area contributed by atoms with Crippen molar-refractivity contribution in [2.24, 2.45) is 5.92 Å². The van der Waals surface area contributed by atoms with Gasteiger partial charge in [-0.1, -0.05) is 23.7 Å². The number of rotatable bonds is 5. The summed E-state index contributed by atoms with van der Waals surface area (Å²) in [5.74, 6) is -0.396. The average Bonchev–Trinajstić information content (AvgIpc) is 3.12. The van der Waals surface area contributed by atoms with Crippen LogP contribution in [0.25, 0.3) is 10.2 Å². The molecular formula is C21H21ClN2O3S. The number of benzene rings is 2. The van der Waals surface area contributed by atoms with Crippen molar-refractivity contribution in [1.29, 1.82) is 0 Å². The SMILES string of the molecule is COc1ccc(Cl)cc1C(c1nc2ccccc2s1)N1CCCC(C(=O)O)C1. The summed E-state index contributed by atoms with van der Waals surface area (Å²) in [7, 11) is 1.64. The molecule has 3 aromatic rings. The topological polar surface area (TPSA) is 62.7 Å². The van der Waals surface area contributed by atoms with Crippen molar-refractivity contribution in [2.45, 2.75) is 18.9 Å². The number of thiazole rings is 1. The Morgan fingerprint density at radius 2 is 2.18 bits per heavy atom. The molecule has 0 radical (unpaired) electrons. The van der Waals surface area contributed by atoms with Crippen LogP contribution in [0.1, 0.15) is 29.5 Å². The van der Waals surface area contributed by atoms with Gasteiger partial charge in [-0.25, -0.2) is 4.98 Å². The number of carboxylic acid groups (broad SMARTS) is 1. The number of hydrogen-bond acceptors (Lipinski definition) is 5. The molecule has 28 heavy (non-hydrogen) atoms. The number of halogens is 1. The normalized spacial score (nSPS) is 18.9. The van der Waals surface area contributed by atoms with Crippen molar-refractivity contribution >= 4 is 39.1 Å². The van der Waals surface area contributed by atoms with Crippen LogP contribution >= 0.6 is 22.9 Å². The Morgan fingerprint density at radius 3 is 2.93 bits per heavy atom. The summed E-state index contributed by atoms with van der Waals surface area (Å²) in [4.78, 5) is 18.7. The molecule has 146 valence electrons. The van der Waals surface area contributed by atoms with Crippen molar-refractivity contribution in [1.82, 2.24) is 9.88 Å². The molecule has 1 N–H and O–H groups in total. The molecular weight excluding hydrogens is 396 g/mol. The molecule has 1 aliphatic heterocycles. The number of fused-ring (bicyclic) bond motifs is 1. The summed E-state index contributed by atoms with van der Waals surface area (Å²) in [6.07, 6.45) is 1.53. The van der Waals surface area contributed by atoms with Crippen molar-refractivity contribution in [3.05, 3.63) is 58.1 Å². The highest BCUT2D eigenvalue weighted by atomic mass is 35.5. The van der Waals surface area contributed by atoms with Gasteiger partial charge in [0.1, 0.15) is 10.8 Å². The summed E-state index contributed by atoms with van der Waals surface area (Å²) in [5, 5.41) is 11.1. The second kappa shape index (κ2) is 8.07. The largest absolute Gasteiger partial charge is 0.496 e. The Balaban J connectivity index is 1.83. The smallest absolute Gasteiger partial charge is 0.307 e. The van der Waals surface area contributed by atoms with E-state index in [0.717, 1.165) is 39.5 Å². The number of piperidine rings is 1. The molecule has 0 aliphatic carbocycles. The van der Waals surface area contributed by atoms with Crippen LogP contribution in [0.15, 0.2) is 42.5 Å². The van der Waals surface area contributed by atoms with E-state index in [-0.39, 0.29) is 12.0 Å². The Hall–Kier alpha value is -2.15. The molecule has 5 nitrogen and oxygen atoms in total. The third-order valence-corrected chi connectivity index (χ3v) is 6.52. The number of nitrogens with zero attached hydrogens (tertiary/aromatic N) is 2. The fraction of sp³-hybridized carbons (Fsp3) is 0.333. The predicted molar refractivity (Wildman–Crippen MR) is 111 cm³/mol. The molecule has 2 unspecified atom stereocenters. The molecule has 2 aromatic carbocycles. The summed E-state index contributed by atoms with van der Waals surface area (Å²) in [6.45, 7) is 1.28. The van der Waals surface area contributed by atoms with Crippen molar-refractivity contribution in [2.75, 3.05) is 20.2 Å². The van der Waals surface area contributed by atoms with E-state index < -0.39 is 5.97 Å². The molecule has 2 atom stereocenters. The Kier molecular flexibility index (Phi) is 5.53. The van der Waals surface area contributed by atoms with E-state index in [9.17, 15) is 9.90 Å². The lowest BCUT2D eigenvalue weighted by atomic mass is 9.94. The van der Waals surface area contributed by atoms with Crippen molar-refractivity contribution in [3.63, 3.8) is 0 Å². The number of para-hydroxylation sites is 1. The van der Waals surface area contributed by atoms with Crippen LogP contribution < -0.4 is 4.74 Å². The van der Waals surface area contributed by atoms with Gasteiger partial charge in [0.15, 0.2) is 0 Å². The zero-order valence-electron chi connectivity index (χ0n) is 15.5. The molecule has 0 spiro atoms. The van der Waals surface area contributed by atoms with Gasteiger partial charge < -0.3 is 9.84 Å². The lowest BCUT2D eigenvalue weighted by Crippen LogP contribution is -2.41. The number of ether oxygens (including phenoxy) is 1. The lowest BCUT2D eigenvalue weighted by molar-refractivity contribution is -0.143. The number of aromatic nitrogens is 1. The molecule has 0 saturated carbocycles. The summed E-state index contributed by atoms with van der Waals surface area (Å²) in [6, 6.07) is 13.4. The molecule has 1 aromatic heterocycles. The summed E-state index contributed by atoms with van der Waals surface area (Å²) in [5.41, 5.74) is 1.86. The lowest BCUT2D eigenvalue weighted by Gasteiger charge is -2.36. The van der Waals surface area contributed by atoms with Gasteiger partial charge >= 0.3 is 5.97 Å². The second-order valence-electron chi connectivity index (χ2n) is 6.98. The van der Waals surface area contributed by atoms with E-state index in [1.165, 1.54) is 0 Å². The number of methoxy groups -OCH3 is 1. The van der Waals surface area contributed by atoms with Crippen LogP contribution in [0.2, 0.25) is 5.02 Å². The van der Waals surface area contributed by atoms with E-state index in [2.05, 4.69) is 11.0 Å². The first-order chi connectivity index (χ1) is 13.6. The fourth-order valence-electron chi connectivity index (χ4n) is 3.85. The standard InChI is InChI=1S/C21H21ClN2O3S/c1-27-17-9-8-14(22)11-15(17)19(24-10-4-5-13(12-24)21(25)26)20-23-16-6-2-3-7-18(16)28-20/h2-3,6-9,11,13,19H,4-5,10,12H2,1H3,(H,25,26). The van der Waals surface area contributed by atoms with Crippen molar-refractivity contribution < 1.29 is 14.6 Å². The van der Waals surface area contributed by atoms with Crippen LogP contribution in [0.3, 0.4) is 0 Å². The minimum atomic E-state index is -0.745. The first-order valence-corrected chi connectivity index (χ1v) is 10.4. The van der Waals surface area contributed by atoms with Gasteiger partial charge in [0.25, 0.3) is 0 Å². The maximum atomic E-state index is 11.6. The van der Waals surface area contributed by atoms with E-state index in [1.54, 1.807) is 24.5 Å². The number of likely N-dealkylation sites (tertiary alicyclic amines) is 1. The van der Waals surface area contributed by atoms with Crippen LogP contribution in [-0.2, 0) is 4.79 Å². The third kappa shape index (κ3) is 3.72. The monoisotopic (exact) mass is 416 g/mol. The molecule has 1 aliphatic rings. The van der Waals surface area contributed by atoms with Gasteiger partial charge in [0, 0.05) is 17.1 Å². The average molecular weight is 417 g/mol. The van der Waals surface area contributed by atoms with Gasteiger partial charge in [0.2, 0.25) is 0 Å². The van der Waals surface area contributed by atoms with Gasteiger partial charge in [-0.3, -0.25) is 9.69 Å². The minimum absolute atomic E-state index is 0.201. The number of hydrogen-bond donors (Lipinski definition) is 1. The van der Waals surface area contributed by atoms with Crippen LogP contribution in [0.5, 0.6) is 5.75 Å². The fourth-order valence-corrected chi connectivity index (χ4v) is 5.16. The number of aliphatic carboxylic acids is 1. The third-order valence-electron chi connectivity index (χ3n) is 5.20. The number of carbonyl (C=O) groups is 1. The highest BCUT2D eigenvalue weighted by Gasteiger charge is 2.34. The maximum absolute atomic E-state index is 11.6. The minimum Gasteiger partial charge on any atom is -0.496 e. The van der Waals surface area contributed by atoms with Crippen molar-refractivity contribution in [3.8, 4) is 5.75 Å². The molecule has 1 fully saturated rings. The Morgan fingerprint density at radius 1 is 1.36 bits per heavy atom. The molecule has 0 bridgehead atoms. The zero-order valence-corrected chi connectivity index (χ0v) is 17.0. The van der Waals surface area contributed by atoms with Crippen LogP contribution in [0.4, 0.5) is 0 Å². The highest BCUT2D eigenvalue weighted by Crippen LogP contribution is 2.41. The van der Waals surface area contributed by atoms with Crippen LogP contribution in [0, 0.1) is 5.92 Å². The second-order valence-corrected chi connectivity index (χ2v) is 8.48. The van der Waals surface area contributed by atoms with E-state index in [0.29, 0.717) is 18.0 Å². The Bertz CT molecular complexity index is 973.